The summed E-state index contributed by atoms with van der Waals surface area (Å²) in [6.07, 6.45) is -0.164. The van der Waals surface area contributed by atoms with Crippen LogP contribution >= 0.6 is 11.6 Å². The second-order valence-corrected chi connectivity index (χ2v) is 7.27. The molecule has 1 aliphatic rings. The number of amides is 4. The van der Waals surface area contributed by atoms with E-state index in [0.29, 0.717) is 10.6 Å². The van der Waals surface area contributed by atoms with Crippen molar-refractivity contribution in [2.75, 3.05) is 13.2 Å². The van der Waals surface area contributed by atoms with Gasteiger partial charge in [-0.1, -0.05) is 29.8 Å². The van der Waals surface area contributed by atoms with Crippen molar-refractivity contribution in [3.63, 3.8) is 0 Å². The van der Waals surface area contributed by atoms with Gasteiger partial charge in [-0.2, -0.15) is 0 Å². The lowest BCUT2D eigenvalue weighted by atomic mass is 10.1. The van der Waals surface area contributed by atoms with Crippen molar-refractivity contribution < 1.29 is 28.7 Å². The molecule has 32 heavy (non-hydrogen) atoms. The Kier molecular flexibility index (Phi) is 7.40. The van der Waals surface area contributed by atoms with Crippen molar-refractivity contribution in [3.05, 3.63) is 70.7 Å². The fourth-order valence-electron chi connectivity index (χ4n) is 2.84. The smallest absolute Gasteiger partial charge is 0.311 e. The van der Waals surface area contributed by atoms with Gasteiger partial charge in [0, 0.05) is 22.6 Å². The number of hydrogen-bond acceptors (Lipinski definition) is 6. The zero-order valence-corrected chi connectivity index (χ0v) is 17.4. The van der Waals surface area contributed by atoms with Crippen molar-refractivity contribution in [1.82, 2.24) is 21.3 Å². The molecule has 1 atom stereocenters. The third-order valence-electron chi connectivity index (χ3n) is 4.50. The Morgan fingerprint density at radius 3 is 2.28 bits per heavy atom. The Hall–Kier alpha value is -3.92. The number of nitrogens with one attached hydrogen (secondary N) is 3. The van der Waals surface area contributed by atoms with Gasteiger partial charge in [-0.3, -0.25) is 45.3 Å². The number of benzene rings is 2. The minimum absolute atomic E-state index is 0.0782. The minimum atomic E-state index is -0.838. The van der Waals surface area contributed by atoms with Gasteiger partial charge in [0.2, 0.25) is 5.91 Å². The molecule has 1 saturated heterocycles. The zero-order chi connectivity index (χ0) is 23.1. The first-order valence-corrected chi connectivity index (χ1v) is 9.89. The molecule has 3 N–H and O–H groups in total. The third-order valence-corrected chi connectivity index (χ3v) is 4.75. The summed E-state index contributed by atoms with van der Waals surface area (Å²) in [5, 5.41) is 1.51. The number of ether oxygens (including phenoxy) is 1. The lowest BCUT2D eigenvalue weighted by Crippen LogP contribution is -2.44. The monoisotopic (exact) mass is 458 g/mol. The maximum Gasteiger partial charge on any atom is 0.311 e. The summed E-state index contributed by atoms with van der Waals surface area (Å²) >= 11 is 5.74. The van der Waals surface area contributed by atoms with Crippen molar-refractivity contribution in [1.29, 1.82) is 0 Å². The molecule has 2 aromatic carbocycles. The van der Waals surface area contributed by atoms with Gasteiger partial charge >= 0.3 is 5.97 Å². The molecule has 0 aliphatic carbocycles. The van der Waals surface area contributed by atoms with Crippen LogP contribution in [-0.4, -0.2) is 47.8 Å². The highest BCUT2D eigenvalue weighted by Crippen LogP contribution is 2.18. The molecule has 0 spiro atoms. The average Bonchev–Trinajstić information content (AvgIpc) is 3.17. The number of esters is 1. The maximum absolute atomic E-state index is 12.2. The highest BCUT2D eigenvalue weighted by atomic mass is 35.5. The van der Waals surface area contributed by atoms with Gasteiger partial charge in [-0.25, -0.2) is 0 Å². The summed E-state index contributed by atoms with van der Waals surface area (Å²) in [6.45, 7) is -0.730. The van der Waals surface area contributed by atoms with E-state index in [0.717, 1.165) is 5.01 Å². The molecule has 4 amide bonds. The van der Waals surface area contributed by atoms with E-state index in [9.17, 15) is 24.0 Å². The number of carbonyl (C=O) groups is 5. The first kappa shape index (κ1) is 22.8. The van der Waals surface area contributed by atoms with E-state index in [1.54, 1.807) is 30.3 Å². The van der Waals surface area contributed by atoms with Crippen LogP contribution in [0.3, 0.4) is 0 Å². The standard InChI is InChI=1S/C21H19ClN4O6/c22-16-8-6-14(7-9-16)19(29)24-23-17(27)12-32-21(31)15-10-18(28)26(11-15)25-20(30)13-4-2-1-3-5-13/h1-9,15H,10-12H2,(H,23,27)(H,24,29)(H,25,30)/t15-/m0/s1. The SMILES string of the molecule is O=C(COC(=O)[C@H]1CC(=O)N(NC(=O)c2ccccc2)C1)NNC(=O)c1ccc(Cl)cc1. The quantitative estimate of drug-likeness (QED) is 0.434. The Bertz CT molecular complexity index is 1030. The van der Waals surface area contributed by atoms with Crippen LogP contribution in [-0.2, 0) is 19.1 Å². The van der Waals surface area contributed by atoms with Gasteiger partial charge in [0.05, 0.1) is 12.5 Å². The Morgan fingerprint density at radius 1 is 0.938 bits per heavy atom. The van der Waals surface area contributed by atoms with Crippen molar-refractivity contribution in [2.24, 2.45) is 5.92 Å². The number of rotatable bonds is 6. The number of carbonyl (C=O) groups excluding carboxylic acids is 5. The largest absolute Gasteiger partial charge is 0.455 e. The van der Waals surface area contributed by atoms with E-state index in [2.05, 4.69) is 16.3 Å². The normalized spacial score (nSPS) is 15.1. The lowest BCUT2D eigenvalue weighted by molar-refractivity contribution is -0.152. The van der Waals surface area contributed by atoms with E-state index >= 15 is 0 Å². The topological polar surface area (TPSA) is 134 Å². The van der Waals surface area contributed by atoms with Gasteiger partial charge in [-0.15, -0.1) is 0 Å². The van der Waals surface area contributed by atoms with E-state index < -0.39 is 42.1 Å². The van der Waals surface area contributed by atoms with Gasteiger partial charge in [0.25, 0.3) is 17.7 Å². The van der Waals surface area contributed by atoms with Crippen LogP contribution in [0.4, 0.5) is 0 Å². The Labute approximate surface area is 187 Å². The van der Waals surface area contributed by atoms with Crippen LogP contribution in [0.25, 0.3) is 0 Å². The Balaban J connectivity index is 1.41. The lowest BCUT2D eigenvalue weighted by Gasteiger charge is -2.17. The van der Waals surface area contributed by atoms with Crippen LogP contribution in [0.5, 0.6) is 0 Å². The second kappa shape index (κ2) is 10.4. The first-order valence-electron chi connectivity index (χ1n) is 9.51. The molecule has 1 heterocycles. The minimum Gasteiger partial charge on any atom is -0.455 e. The van der Waals surface area contributed by atoms with Crippen LogP contribution < -0.4 is 16.3 Å². The van der Waals surface area contributed by atoms with Crippen molar-refractivity contribution in [2.45, 2.75) is 6.42 Å². The van der Waals surface area contributed by atoms with Gasteiger partial charge in [0.1, 0.15) is 0 Å². The van der Waals surface area contributed by atoms with E-state index in [1.165, 1.54) is 24.3 Å². The second-order valence-electron chi connectivity index (χ2n) is 6.83. The third kappa shape index (κ3) is 6.05. The Morgan fingerprint density at radius 2 is 1.59 bits per heavy atom. The fourth-order valence-corrected chi connectivity index (χ4v) is 2.97. The molecule has 11 heteroatoms. The maximum atomic E-state index is 12.2. The molecule has 2 aromatic rings. The number of nitrogens with zero attached hydrogens (tertiary/aromatic N) is 1. The van der Waals surface area contributed by atoms with Crippen LogP contribution in [0.15, 0.2) is 54.6 Å². The molecular weight excluding hydrogens is 440 g/mol. The molecule has 0 aromatic heterocycles. The van der Waals surface area contributed by atoms with Gasteiger partial charge in [0.15, 0.2) is 6.61 Å². The highest BCUT2D eigenvalue weighted by Gasteiger charge is 2.36. The summed E-state index contributed by atoms with van der Waals surface area (Å²) in [4.78, 5) is 60.2. The summed E-state index contributed by atoms with van der Waals surface area (Å²) in [5.41, 5.74) is 7.39. The molecule has 0 unspecified atom stereocenters. The van der Waals surface area contributed by atoms with Crippen molar-refractivity contribution in [3.8, 4) is 0 Å². The molecule has 0 bridgehead atoms. The zero-order valence-electron chi connectivity index (χ0n) is 16.7. The van der Waals surface area contributed by atoms with Crippen LogP contribution in [0.2, 0.25) is 5.02 Å². The highest BCUT2D eigenvalue weighted by molar-refractivity contribution is 6.30. The average molecular weight is 459 g/mol. The molecule has 166 valence electrons. The predicted octanol–water partition coefficient (Wildman–Crippen LogP) is 0.838. The van der Waals surface area contributed by atoms with Gasteiger partial charge < -0.3 is 4.74 Å². The number of halogens is 1. The van der Waals surface area contributed by atoms with Crippen LogP contribution in [0, 0.1) is 5.92 Å². The first-order chi connectivity index (χ1) is 15.3. The van der Waals surface area contributed by atoms with E-state index in [4.69, 9.17) is 16.3 Å². The summed E-state index contributed by atoms with van der Waals surface area (Å²) in [6, 6.07) is 14.3. The molecule has 3 rings (SSSR count). The summed E-state index contributed by atoms with van der Waals surface area (Å²) < 4.78 is 4.92. The van der Waals surface area contributed by atoms with Crippen LogP contribution in [0.1, 0.15) is 27.1 Å². The number of hydrogen-bond donors (Lipinski definition) is 3. The predicted molar refractivity (Wildman–Crippen MR) is 112 cm³/mol. The molecule has 0 saturated carbocycles. The van der Waals surface area contributed by atoms with E-state index in [-0.39, 0.29) is 18.5 Å². The van der Waals surface area contributed by atoms with Gasteiger partial charge in [-0.05, 0) is 36.4 Å². The number of hydrazine groups is 2. The molecule has 1 aliphatic heterocycles. The summed E-state index contributed by atoms with van der Waals surface area (Å²) in [7, 11) is 0. The molecule has 0 radical (unpaired) electrons. The fraction of sp³-hybridized carbons (Fsp3) is 0.190. The molecule has 10 nitrogen and oxygen atoms in total. The summed E-state index contributed by atoms with van der Waals surface area (Å²) in [5.74, 6) is -3.88. The van der Waals surface area contributed by atoms with E-state index in [1.807, 2.05) is 0 Å². The molecular formula is C21H19ClN4O6. The van der Waals surface area contributed by atoms with Crippen molar-refractivity contribution >= 4 is 41.2 Å². The molecule has 1 fully saturated rings.